The minimum Gasteiger partial charge on any atom is -0.392 e. The number of aromatic nitrogens is 2. The number of nitrogens with one attached hydrogen (secondary N) is 2. The summed E-state index contributed by atoms with van der Waals surface area (Å²) >= 11 is 0. The number of benzene rings is 1. The molecule has 1 saturated carbocycles. The largest absolute Gasteiger partial charge is 0.392 e. The average Bonchev–Trinajstić information content (AvgIpc) is 2.71. The van der Waals surface area contributed by atoms with Crippen LogP contribution in [0.5, 0.6) is 0 Å². The van der Waals surface area contributed by atoms with Crippen LogP contribution in [0, 0.1) is 5.41 Å². The predicted molar refractivity (Wildman–Crippen MR) is 67.9 cm³/mol. The number of imidazole rings is 1. The van der Waals surface area contributed by atoms with Gasteiger partial charge >= 0.3 is 0 Å². The highest BCUT2D eigenvalue weighted by atomic mass is 16.3. The molecule has 2 aromatic rings. The summed E-state index contributed by atoms with van der Waals surface area (Å²) in [6, 6.07) is 8.23. The predicted octanol–water partition coefficient (Wildman–Crippen LogP) is 2.13. The fourth-order valence-corrected chi connectivity index (χ4v) is 2.33. The highest BCUT2D eigenvalue weighted by molar-refractivity contribution is 5.77. The first-order valence-corrected chi connectivity index (χ1v) is 5.97. The van der Waals surface area contributed by atoms with E-state index in [9.17, 15) is 5.11 Å². The first-order chi connectivity index (χ1) is 8.07. The van der Waals surface area contributed by atoms with Crippen molar-refractivity contribution in [2.24, 2.45) is 5.41 Å². The number of aromatic amines is 1. The van der Waals surface area contributed by atoms with Crippen LogP contribution in [0.4, 0.5) is 5.95 Å². The first kappa shape index (κ1) is 10.6. The van der Waals surface area contributed by atoms with Gasteiger partial charge in [-0.05, 0) is 18.6 Å². The molecular weight excluding hydrogens is 214 g/mol. The number of para-hydroxylation sites is 2. The molecular formula is C13H17N3O. The molecule has 2 atom stereocenters. The Kier molecular flexibility index (Phi) is 2.16. The third-order valence-electron chi connectivity index (χ3n) is 3.92. The SMILES string of the molecule is CC1(C)C(O)CC1Nc1nc2ccccc2[nH]1. The Balaban J connectivity index is 1.82. The zero-order valence-electron chi connectivity index (χ0n) is 10.1. The maximum atomic E-state index is 9.69. The van der Waals surface area contributed by atoms with Crippen LogP contribution in [0.25, 0.3) is 11.0 Å². The lowest BCUT2D eigenvalue weighted by atomic mass is 9.65. The number of H-pyrrole nitrogens is 1. The molecule has 1 heterocycles. The summed E-state index contributed by atoms with van der Waals surface area (Å²) in [7, 11) is 0. The van der Waals surface area contributed by atoms with E-state index in [0.29, 0.717) is 0 Å². The van der Waals surface area contributed by atoms with E-state index in [2.05, 4.69) is 29.1 Å². The van der Waals surface area contributed by atoms with Crippen molar-refractivity contribution in [1.29, 1.82) is 0 Å². The molecule has 4 heteroatoms. The lowest BCUT2D eigenvalue weighted by molar-refractivity contribution is -0.0512. The highest BCUT2D eigenvalue weighted by Crippen LogP contribution is 2.41. The summed E-state index contributed by atoms with van der Waals surface area (Å²) in [4.78, 5) is 7.72. The van der Waals surface area contributed by atoms with Crippen LogP contribution in [0.15, 0.2) is 24.3 Å². The lowest BCUT2D eigenvalue weighted by Crippen LogP contribution is -2.57. The topological polar surface area (TPSA) is 60.9 Å². The maximum absolute atomic E-state index is 9.69. The van der Waals surface area contributed by atoms with Gasteiger partial charge in [0.2, 0.25) is 5.95 Å². The Morgan fingerprint density at radius 3 is 2.82 bits per heavy atom. The smallest absolute Gasteiger partial charge is 0.201 e. The molecule has 0 amide bonds. The van der Waals surface area contributed by atoms with Gasteiger partial charge in [0.05, 0.1) is 17.1 Å². The van der Waals surface area contributed by atoms with Gasteiger partial charge in [-0.3, -0.25) is 0 Å². The van der Waals surface area contributed by atoms with E-state index in [1.807, 2.05) is 24.3 Å². The number of aliphatic hydroxyl groups excluding tert-OH is 1. The molecule has 17 heavy (non-hydrogen) atoms. The molecule has 3 N–H and O–H groups in total. The van der Waals surface area contributed by atoms with E-state index in [4.69, 9.17) is 0 Å². The van der Waals surface area contributed by atoms with Gasteiger partial charge < -0.3 is 15.4 Å². The monoisotopic (exact) mass is 231 g/mol. The third kappa shape index (κ3) is 1.60. The van der Waals surface area contributed by atoms with Gasteiger partial charge in [0, 0.05) is 11.5 Å². The fraction of sp³-hybridized carbons (Fsp3) is 0.462. The van der Waals surface area contributed by atoms with Crippen LogP contribution in [0.1, 0.15) is 20.3 Å². The minimum absolute atomic E-state index is 0.0844. The molecule has 1 aliphatic rings. The maximum Gasteiger partial charge on any atom is 0.201 e. The van der Waals surface area contributed by atoms with Gasteiger partial charge in [-0.1, -0.05) is 26.0 Å². The van der Waals surface area contributed by atoms with Gasteiger partial charge in [0.1, 0.15) is 0 Å². The molecule has 0 bridgehead atoms. The lowest BCUT2D eigenvalue weighted by Gasteiger charge is -2.49. The second-order valence-electron chi connectivity index (χ2n) is 5.37. The van der Waals surface area contributed by atoms with Crippen LogP contribution >= 0.6 is 0 Å². The van der Waals surface area contributed by atoms with Crippen molar-refractivity contribution in [3.63, 3.8) is 0 Å². The van der Waals surface area contributed by atoms with Gasteiger partial charge in [0.15, 0.2) is 0 Å². The Morgan fingerprint density at radius 1 is 1.41 bits per heavy atom. The number of fused-ring (bicyclic) bond motifs is 1. The number of hydrogen-bond donors (Lipinski definition) is 3. The molecule has 0 saturated heterocycles. The Labute approximate surface area is 100 Å². The van der Waals surface area contributed by atoms with E-state index in [0.717, 1.165) is 23.4 Å². The van der Waals surface area contributed by atoms with Gasteiger partial charge in [0.25, 0.3) is 0 Å². The average molecular weight is 231 g/mol. The number of aliphatic hydroxyl groups is 1. The van der Waals surface area contributed by atoms with Crippen LogP contribution in [-0.4, -0.2) is 27.2 Å². The molecule has 3 rings (SSSR count). The van der Waals surface area contributed by atoms with Crippen LogP contribution in [0.2, 0.25) is 0 Å². The summed E-state index contributed by atoms with van der Waals surface area (Å²) in [6.45, 7) is 4.14. The van der Waals surface area contributed by atoms with Crippen molar-refractivity contribution in [3.05, 3.63) is 24.3 Å². The third-order valence-corrected chi connectivity index (χ3v) is 3.92. The molecule has 1 aliphatic carbocycles. The van der Waals surface area contributed by atoms with E-state index in [1.165, 1.54) is 0 Å². The fourth-order valence-electron chi connectivity index (χ4n) is 2.33. The number of nitrogens with zero attached hydrogens (tertiary/aromatic N) is 1. The quantitative estimate of drug-likeness (QED) is 0.742. The second-order valence-corrected chi connectivity index (χ2v) is 5.37. The summed E-state index contributed by atoms with van der Waals surface area (Å²) in [5.74, 6) is 0.788. The van der Waals surface area contributed by atoms with E-state index < -0.39 is 0 Å². The Bertz CT molecular complexity index is 513. The Morgan fingerprint density at radius 2 is 2.18 bits per heavy atom. The van der Waals surface area contributed by atoms with Gasteiger partial charge in [-0.15, -0.1) is 0 Å². The molecule has 0 spiro atoms. The van der Waals surface area contributed by atoms with Crippen molar-refractivity contribution in [2.75, 3.05) is 5.32 Å². The molecule has 0 radical (unpaired) electrons. The number of rotatable bonds is 2. The van der Waals surface area contributed by atoms with Crippen LogP contribution in [-0.2, 0) is 0 Å². The minimum atomic E-state index is -0.218. The summed E-state index contributed by atoms with van der Waals surface area (Å²) in [5, 5.41) is 13.1. The Hall–Kier alpha value is -1.55. The zero-order chi connectivity index (χ0) is 12.0. The number of hydrogen-bond acceptors (Lipinski definition) is 3. The van der Waals surface area contributed by atoms with Crippen molar-refractivity contribution in [2.45, 2.75) is 32.4 Å². The molecule has 1 fully saturated rings. The van der Waals surface area contributed by atoms with E-state index in [-0.39, 0.29) is 17.6 Å². The molecule has 0 aliphatic heterocycles. The molecule has 1 aromatic heterocycles. The molecule has 2 unspecified atom stereocenters. The zero-order valence-corrected chi connectivity index (χ0v) is 10.1. The van der Waals surface area contributed by atoms with Crippen molar-refractivity contribution >= 4 is 17.0 Å². The normalized spacial score (nSPS) is 26.8. The molecule has 90 valence electrons. The summed E-state index contributed by atoms with van der Waals surface area (Å²) < 4.78 is 0. The molecule has 4 nitrogen and oxygen atoms in total. The van der Waals surface area contributed by atoms with E-state index in [1.54, 1.807) is 0 Å². The van der Waals surface area contributed by atoms with Crippen molar-refractivity contribution in [1.82, 2.24) is 9.97 Å². The van der Waals surface area contributed by atoms with Gasteiger partial charge in [-0.2, -0.15) is 0 Å². The summed E-state index contributed by atoms with van der Waals surface area (Å²) in [6.07, 6.45) is 0.564. The van der Waals surface area contributed by atoms with Crippen molar-refractivity contribution < 1.29 is 5.11 Å². The van der Waals surface area contributed by atoms with Crippen LogP contribution in [0.3, 0.4) is 0 Å². The van der Waals surface area contributed by atoms with Crippen LogP contribution < -0.4 is 5.32 Å². The van der Waals surface area contributed by atoms with Crippen molar-refractivity contribution in [3.8, 4) is 0 Å². The number of anilines is 1. The molecule has 1 aromatic carbocycles. The standard InChI is InChI=1S/C13H17N3O/c1-13(2)10(7-11(13)17)16-12-14-8-5-3-4-6-9(8)15-12/h3-6,10-11,17H,7H2,1-2H3,(H2,14,15,16). The van der Waals surface area contributed by atoms with E-state index >= 15 is 0 Å². The second kappa shape index (κ2) is 3.47. The first-order valence-electron chi connectivity index (χ1n) is 5.97. The van der Waals surface area contributed by atoms with Gasteiger partial charge in [-0.25, -0.2) is 4.98 Å². The summed E-state index contributed by atoms with van der Waals surface area (Å²) in [5.41, 5.74) is 1.92. The highest BCUT2D eigenvalue weighted by Gasteiger charge is 2.47.